The molecule has 0 bridgehead atoms. The van der Waals surface area contributed by atoms with Crippen molar-refractivity contribution in [2.75, 3.05) is 0 Å². The second-order valence-electron chi connectivity index (χ2n) is 5.12. The number of H-pyrrole nitrogens is 1. The summed E-state index contributed by atoms with van der Waals surface area (Å²) in [4.78, 5) is 11.9. The van der Waals surface area contributed by atoms with E-state index in [4.69, 9.17) is 0 Å². The van der Waals surface area contributed by atoms with Crippen molar-refractivity contribution in [3.05, 3.63) is 48.0 Å². The molecule has 2 aromatic heterocycles. The van der Waals surface area contributed by atoms with Crippen LogP contribution in [-0.2, 0) is 6.42 Å². The Labute approximate surface area is 115 Å². The van der Waals surface area contributed by atoms with Crippen molar-refractivity contribution in [2.45, 2.75) is 13.3 Å². The van der Waals surface area contributed by atoms with E-state index in [1.165, 1.54) is 12.1 Å². The van der Waals surface area contributed by atoms with Crippen LogP contribution in [0.1, 0.15) is 12.5 Å². The molecule has 1 aliphatic heterocycles. The fourth-order valence-electron chi connectivity index (χ4n) is 2.71. The van der Waals surface area contributed by atoms with Gasteiger partial charge in [-0.3, -0.25) is 0 Å². The third-order valence-corrected chi connectivity index (χ3v) is 3.64. The summed E-state index contributed by atoms with van der Waals surface area (Å²) in [6.45, 7) is 2.01. The van der Waals surface area contributed by atoms with E-state index >= 15 is 0 Å². The molecule has 1 aromatic carbocycles. The first-order chi connectivity index (χ1) is 9.70. The smallest absolute Gasteiger partial charge is 0.155 e. The van der Waals surface area contributed by atoms with Crippen LogP contribution in [0.4, 0.5) is 10.2 Å². The number of aliphatic imine (C=N–C) groups is 1. The molecule has 3 aromatic rings. The van der Waals surface area contributed by atoms with Crippen LogP contribution in [0, 0.1) is 5.82 Å². The Morgan fingerprint density at radius 2 is 2.15 bits per heavy atom. The van der Waals surface area contributed by atoms with Crippen molar-refractivity contribution in [2.24, 2.45) is 4.99 Å². The van der Waals surface area contributed by atoms with Crippen molar-refractivity contribution in [1.82, 2.24) is 9.97 Å². The average Bonchev–Trinajstić information content (AvgIpc) is 2.99. The SMILES string of the molecule is CC1=Nc2ncc(-c3c[nH]c4cc(F)ccc34)cc2C1. The third kappa shape index (κ3) is 1.65. The van der Waals surface area contributed by atoms with Gasteiger partial charge in [-0.15, -0.1) is 0 Å². The predicted octanol–water partition coefficient (Wildman–Crippen LogP) is 4.02. The zero-order valence-corrected chi connectivity index (χ0v) is 10.9. The van der Waals surface area contributed by atoms with Crippen LogP contribution in [0.3, 0.4) is 0 Å². The van der Waals surface area contributed by atoms with Gasteiger partial charge in [0.25, 0.3) is 0 Å². The Kier molecular flexibility index (Phi) is 2.27. The van der Waals surface area contributed by atoms with Crippen LogP contribution < -0.4 is 0 Å². The number of aromatic nitrogens is 2. The standard InChI is InChI=1S/C16H12FN3/c1-9-4-10-5-11(7-19-16(10)20-9)14-8-18-15-6-12(17)2-3-13(14)15/h2-3,5-8,18H,4H2,1H3. The number of hydrogen-bond acceptors (Lipinski definition) is 2. The number of nitrogens with one attached hydrogen (secondary N) is 1. The van der Waals surface area contributed by atoms with Gasteiger partial charge in [-0.05, 0) is 31.2 Å². The third-order valence-electron chi connectivity index (χ3n) is 3.64. The zero-order valence-electron chi connectivity index (χ0n) is 10.9. The maximum absolute atomic E-state index is 13.2. The van der Waals surface area contributed by atoms with Gasteiger partial charge in [0.15, 0.2) is 5.82 Å². The van der Waals surface area contributed by atoms with Crippen molar-refractivity contribution in [3.63, 3.8) is 0 Å². The molecule has 3 nitrogen and oxygen atoms in total. The second kappa shape index (κ2) is 4.00. The number of nitrogens with zero attached hydrogens (tertiary/aromatic N) is 2. The highest BCUT2D eigenvalue weighted by Crippen LogP contribution is 2.32. The molecule has 0 aliphatic carbocycles. The van der Waals surface area contributed by atoms with Crippen LogP contribution in [0.2, 0.25) is 0 Å². The summed E-state index contributed by atoms with van der Waals surface area (Å²) in [6, 6.07) is 6.90. The van der Waals surface area contributed by atoms with Crippen LogP contribution >= 0.6 is 0 Å². The summed E-state index contributed by atoms with van der Waals surface area (Å²) in [5.41, 5.74) is 5.11. The van der Waals surface area contributed by atoms with E-state index in [9.17, 15) is 4.39 Å². The lowest BCUT2D eigenvalue weighted by Gasteiger charge is -2.02. The first-order valence-electron chi connectivity index (χ1n) is 6.51. The van der Waals surface area contributed by atoms with Gasteiger partial charge in [-0.2, -0.15) is 0 Å². The van der Waals surface area contributed by atoms with E-state index in [0.717, 1.165) is 45.5 Å². The minimum absolute atomic E-state index is 0.234. The quantitative estimate of drug-likeness (QED) is 0.709. The number of halogens is 1. The molecule has 0 amide bonds. The topological polar surface area (TPSA) is 41.0 Å². The molecule has 4 heteroatoms. The maximum Gasteiger partial charge on any atom is 0.155 e. The van der Waals surface area contributed by atoms with E-state index < -0.39 is 0 Å². The minimum atomic E-state index is -0.234. The fraction of sp³-hybridized carbons (Fsp3) is 0.125. The minimum Gasteiger partial charge on any atom is -0.360 e. The van der Waals surface area contributed by atoms with E-state index in [-0.39, 0.29) is 5.82 Å². The highest BCUT2D eigenvalue weighted by atomic mass is 19.1. The van der Waals surface area contributed by atoms with Gasteiger partial charge < -0.3 is 4.98 Å². The molecule has 0 saturated heterocycles. The number of hydrogen-bond donors (Lipinski definition) is 1. The molecule has 4 rings (SSSR count). The van der Waals surface area contributed by atoms with E-state index in [0.29, 0.717) is 0 Å². The number of benzene rings is 1. The van der Waals surface area contributed by atoms with Crippen LogP contribution in [0.25, 0.3) is 22.0 Å². The largest absolute Gasteiger partial charge is 0.360 e. The van der Waals surface area contributed by atoms with Crippen molar-refractivity contribution in [1.29, 1.82) is 0 Å². The normalized spacial score (nSPS) is 13.6. The van der Waals surface area contributed by atoms with Crippen LogP contribution in [0.5, 0.6) is 0 Å². The predicted molar refractivity (Wildman–Crippen MR) is 78.0 cm³/mol. The second-order valence-corrected chi connectivity index (χ2v) is 5.12. The number of pyridine rings is 1. The van der Waals surface area contributed by atoms with Crippen molar-refractivity contribution < 1.29 is 4.39 Å². The molecule has 1 aliphatic rings. The summed E-state index contributed by atoms with van der Waals surface area (Å²) in [5.74, 6) is 0.583. The van der Waals surface area contributed by atoms with E-state index in [2.05, 4.69) is 21.0 Å². The molecule has 0 fully saturated rings. The first-order valence-corrected chi connectivity index (χ1v) is 6.51. The lowest BCUT2D eigenvalue weighted by atomic mass is 10.0. The van der Waals surface area contributed by atoms with Crippen molar-refractivity contribution >= 4 is 22.4 Å². The summed E-state index contributed by atoms with van der Waals surface area (Å²) in [5, 5.41) is 1.00. The molecule has 0 spiro atoms. The van der Waals surface area contributed by atoms with Gasteiger partial charge in [-0.1, -0.05) is 0 Å². The molecule has 98 valence electrons. The molecule has 0 unspecified atom stereocenters. The summed E-state index contributed by atoms with van der Waals surface area (Å²) in [6.07, 6.45) is 4.58. The maximum atomic E-state index is 13.2. The summed E-state index contributed by atoms with van der Waals surface area (Å²) >= 11 is 0. The Bertz CT molecular complexity index is 861. The van der Waals surface area contributed by atoms with Crippen LogP contribution in [-0.4, -0.2) is 15.7 Å². The Morgan fingerprint density at radius 1 is 1.25 bits per heavy atom. The molecule has 20 heavy (non-hydrogen) atoms. The lowest BCUT2D eigenvalue weighted by Crippen LogP contribution is -1.89. The summed E-state index contributed by atoms with van der Waals surface area (Å²) < 4.78 is 13.2. The van der Waals surface area contributed by atoms with Crippen molar-refractivity contribution in [3.8, 4) is 11.1 Å². The van der Waals surface area contributed by atoms with Gasteiger partial charge in [0.1, 0.15) is 5.82 Å². The van der Waals surface area contributed by atoms with E-state index in [1.807, 2.05) is 19.3 Å². The monoisotopic (exact) mass is 265 g/mol. The molecule has 3 heterocycles. The van der Waals surface area contributed by atoms with Gasteiger partial charge in [0.2, 0.25) is 0 Å². The van der Waals surface area contributed by atoms with Gasteiger partial charge >= 0.3 is 0 Å². The van der Waals surface area contributed by atoms with E-state index in [1.54, 1.807) is 6.07 Å². The van der Waals surface area contributed by atoms with Gasteiger partial charge in [0, 0.05) is 52.1 Å². The average molecular weight is 265 g/mol. The number of fused-ring (bicyclic) bond motifs is 2. The molecular weight excluding hydrogens is 253 g/mol. The number of rotatable bonds is 1. The highest BCUT2D eigenvalue weighted by Gasteiger charge is 2.15. The number of aromatic amines is 1. The molecule has 0 radical (unpaired) electrons. The Balaban J connectivity index is 1.87. The zero-order chi connectivity index (χ0) is 13.7. The lowest BCUT2D eigenvalue weighted by molar-refractivity contribution is 0.629. The van der Waals surface area contributed by atoms with Gasteiger partial charge in [-0.25, -0.2) is 14.4 Å². The molecular formula is C16H12FN3. The summed E-state index contributed by atoms with van der Waals surface area (Å²) in [7, 11) is 0. The fourth-order valence-corrected chi connectivity index (χ4v) is 2.71. The van der Waals surface area contributed by atoms with Gasteiger partial charge in [0.05, 0.1) is 0 Å². The molecule has 0 atom stereocenters. The molecule has 1 N–H and O–H groups in total. The first kappa shape index (κ1) is 11.3. The molecule has 0 saturated carbocycles. The highest BCUT2D eigenvalue weighted by molar-refractivity contribution is 5.96. The Morgan fingerprint density at radius 3 is 3.05 bits per heavy atom. The van der Waals surface area contributed by atoms with Crippen LogP contribution in [0.15, 0.2) is 41.7 Å². The Hall–Kier alpha value is -2.49.